The molecule has 0 radical (unpaired) electrons. The van der Waals surface area contributed by atoms with Crippen molar-refractivity contribution in [2.24, 2.45) is 0 Å². The Morgan fingerprint density at radius 2 is 1.86 bits per heavy atom. The van der Waals surface area contributed by atoms with Crippen LogP contribution in [0.25, 0.3) is 0 Å². The van der Waals surface area contributed by atoms with Gasteiger partial charge in [-0.2, -0.15) is 0 Å². The molecule has 118 valence electrons. The molecule has 1 atom stereocenters. The van der Waals surface area contributed by atoms with Crippen molar-refractivity contribution < 1.29 is 4.74 Å². The van der Waals surface area contributed by atoms with E-state index < -0.39 is 0 Å². The summed E-state index contributed by atoms with van der Waals surface area (Å²) in [5.74, 6) is 0.847. The lowest BCUT2D eigenvalue weighted by molar-refractivity contribution is 0.301. The van der Waals surface area contributed by atoms with E-state index in [1.54, 1.807) is 0 Å². The van der Waals surface area contributed by atoms with Crippen molar-refractivity contribution in [2.45, 2.75) is 39.5 Å². The second-order valence-corrected chi connectivity index (χ2v) is 6.23. The summed E-state index contributed by atoms with van der Waals surface area (Å²) in [5.41, 5.74) is 2.11. The number of halogens is 2. The predicted molar refractivity (Wildman–Crippen MR) is 93.8 cm³/mol. The molecule has 0 aliphatic heterocycles. The zero-order valence-corrected chi connectivity index (χ0v) is 14.4. The molecule has 0 fully saturated rings. The van der Waals surface area contributed by atoms with Gasteiger partial charge in [0.15, 0.2) is 0 Å². The van der Waals surface area contributed by atoms with Crippen LogP contribution in [-0.4, -0.2) is 6.04 Å². The number of nitrogens with one attached hydrogen (secondary N) is 1. The van der Waals surface area contributed by atoms with Gasteiger partial charge in [0, 0.05) is 28.2 Å². The van der Waals surface area contributed by atoms with E-state index in [-0.39, 0.29) is 0 Å². The van der Waals surface area contributed by atoms with E-state index in [0.717, 1.165) is 39.9 Å². The normalized spacial score (nSPS) is 12.2. The SMILES string of the molecule is CC[C@H](C)NCc1cc(Cl)ccc1OCc1cccc(Cl)c1. The summed E-state index contributed by atoms with van der Waals surface area (Å²) in [4.78, 5) is 0. The lowest BCUT2D eigenvalue weighted by Gasteiger charge is -2.15. The van der Waals surface area contributed by atoms with Crippen LogP contribution >= 0.6 is 23.2 Å². The maximum Gasteiger partial charge on any atom is 0.124 e. The predicted octanol–water partition coefficient (Wildman–Crippen LogP) is 5.46. The summed E-state index contributed by atoms with van der Waals surface area (Å²) < 4.78 is 5.94. The van der Waals surface area contributed by atoms with Crippen LogP contribution in [0.2, 0.25) is 10.0 Å². The van der Waals surface area contributed by atoms with Crippen molar-refractivity contribution in [3.63, 3.8) is 0 Å². The van der Waals surface area contributed by atoms with Gasteiger partial charge in [0.25, 0.3) is 0 Å². The van der Waals surface area contributed by atoms with E-state index in [2.05, 4.69) is 19.2 Å². The first-order valence-corrected chi connectivity index (χ1v) is 8.23. The fourth-order valence-electron chi connectivity index (χ4n) is 2.04. The molecular formula is C18H21Cl2NO. The first kappa shape index (κ1) is 17.1. The van der Waals surface area contributed by atoms with Gasteiger partial charge in [-0.05, 0) is 49.2 Å². The topological polar surface area (TPSA) is 21.3 Å². The van der Waals surface area contributed by atoms with Crippen molar-refractivity contribution in [3.05, 3.63) is 63.6 Å². The first-order valence-electron chi connectivity index (χ1n) is 7.47. The van der Waals surface area contributed by atoms with Crippen molar-refractivity contribution in [2.75, 3.05) is 0 Å². The van der Waals surface area contributed by atoms with Gasteiger partial charge in [-0.3, -0.25) is 0 Å². The largest absolute Gasteiger partial charge is 0.489 e. The Balaban J connectivity index is 2.06. The average Bonchev–Trinajstić information content (AvgIpc) is 2.51. The molecule has 2 rings (SSSR count). The van der Waals surface area contributed by atoms with Crippen LogP contribution in [0.1, 0.15) is 31.4 Å². The molecule has 2 aromatic rings. The summed E-state index contributed by atoms with van der Waals surface area (Å²) in [5, 5.41) is 4.90. The van der Waals surface area contributed by atoms with Crippen LogP contribution in [0.5, 0.6) is 5.75 Å². The van der Waals surface area contributed by atoms with Crippen LogP contribution < -0.4 is 10.1 Å². The summed E-state index contributed by atoms with van der Waals surface area (Å²) in [6.45, 7) is 5.54. The Morgan fingerprint density at radius 3 is 2.59 bits per heavy atom. The molecular weight excluding hydrogens is 317 g/mol. The molecule has 0 aliphatic rings. The Labute approximate surface area is 142 Å². The first-order chi connectivity index (χ1) is 10.6. The standard InChI is InChI=1S/C18H21Cl2NO/c1-3-13(2)21-11-15-10-17(20)7-8-18(15)22-12-14-5-4-6-16(19)9-14/h4-10,13,21H,3,11-12H2,1-2H3/t13-/m0/s1. The molecule has 0 unspecified atom stereocenters. The fraction of sp³-hybridized carbons (Fsp3) is 0.333. The highest BCUT2D eigenvalue weighted by atomic mass is 35.5. The molecule has 0 aliphatic carbocycles. The Kier molecular flexibility index (Phi) is 6.56. The van der Waals surface area contributed by atoms with Crippen LogP contribution in [0.3, 0.4) is 0 Å². The zero-order valence-electron chi connectivity index (χ0n) is 12.9. The van der Waals surface area contributed by atoms with Gasteiger partial charge < -0.3 is 10.1 Å². The number of rotatable bonds is 7. The molecule has 0 heterocycles. The monoisotopic (exact) mass is 337 g/mol. The molecule has 22 heavy (non-hydrogen) atoms. The second-order valence-electron chi connectivity index (χ2n) is 5.36. The Morgan fingerprint density at radius 1 is 1.09 bits per heavy atom. The third kappa shape index (κ3) is 5.20. The highest BCUT2D eigenvalue weighted by Gasteiger charge is 2.07. The number of hydrogen-bond acceptors (Lipinski definition) is 2. The number of benzene rings is 2. The number of hydrogen-bond donors (Lipinski definition) is 1. The molecule has 0 spiro atoms. The minimum absolute atomic E-state index is 0.458. The number of ether oxygens (including phenoxy) is 1. The minimum atomic E-state index is 0.458. The molecule has 0 amide bonds. The zero-order chi connectivity index (χ0) is 15.9. The Hall–Kier alpha value is -1.22. The minimum Gasteiger partial charge on any atom is -0.489 e. The van der Waals surface area contributed by atoms with Crippen molar-refractivity contribution in [1.29, 1.82) is 0 Å². The summed E-state index contributed by atoms with van der Waals surface area (Å²) >= 11 is 12.1. The smallest absolute Gasteiger partial charge is 0.124 e. The summed E-state index contributed by atoms with van der Waals surface area (Å²) in [6, 6.07) is 13.9. The van der Waals surface area contributed by atoms with Crippen molar-refractivity contribution >= 4 is 23.2 Å². The fourth-order valence-corrected chi connectivity index (χ4v) is 2.45. The third-order valence-electron chi connectivity index (χ3n) is 3.56. The molecule has 1 N–H and O–H groups in total. The molecule has 0 saturated carbocycles. The van der Waals surface area contributed by atoms with Gasteiger partial charge in [0.2, 0.25) is 0 Å². The van der Waals surface area contributed by atoms with Gasteiger partial charge >= 0.3 is 0 Å². The van der Waals surface area contributed by atoms with Crippen molar-refractivity contribution in [3.8, 4) is 5.75 Å². The summed E-state index contributed by atoms with van der Waals surface area (Å²) in [7, 11) is 0. The average molecular weight is 338 g/mol. The van der Waals surface area contributed by atoms with Crippen molar-refractivity contribution in [1.82, 2.24) is 5.32 Å². The lowest BCUT2D eigenvalue weighted by atomic mass is 10.1. The van der Waals surface area contributed by atoms with Crippen LogP contribution in [-0.2, 0) is 13.2 Å². The maximum absolute atomic E-state index is 6.10. The molecule has 2 nitrogen and oxygen atoms in total. The molecule has 0 saturated heterocycles. The molecule has 2 aromatic carbocycles. The summed E-state index contributed by atoms with van der Waals surface area (Å²) in [6.07, 6.45) is 1.08. The maximum atomic E-state index is 6.10. The molecule has 0 bridgehead atoms. The highest BCUT2D eigenvalue weighted by Crippen LogP contribution is 2.24. The van der Waals surface area contributed by atoms with Gasteiger partial charge in [-0.15, -0.1) is 0 Å². The molecule has 4 heteroatoms. The van der Waals surface area contributed by atoms with Gasteiger partial charge in [-0.25, -0.2) is 0 Å². The van der Waals surface area contributed by atoms with E-state index in [1.165, 1.54) is 0 Å². The van der Waals surface area contributed by atoms with Crippen LogP contribution in [0, 0.1) is 0 Å². The van der Waals surface area contributed by atoms with E-state index >= 15 is 0 Å². The Bertz CT molecular complexity index is 616. The van der Waals surface area contributed by atoms with Gasteiger partial charge in [0.1, 0.15) is 12.4 Å². The quantitative estimate of drug-likeness (QED) is 0.724. The molecule has 0 aromatic heterocycles. The highest BCUT2D eigenvalue weighted by molar-refractivity contribution is 6.30. The van der Waals surface area contributed by atoms with Crippen LogP contribution in [0.4, 0.5) is 0 Å². The van der Waals surface area contributed by atoms with E-state index in [1.807, 2.05) is 42.5 Å². The van der Waals surface area contributed by atoms with E-state index in [4.69, 9.17) is 27.9 Å². The van der Waals surface area contributed by atoms with E-state index in [0.29, 0.717) is 12.6 Å². The second kappa shape index (κ2) is 8.42. The van der Waals surface area contributed by atoms with Gasteiger partial charge in [0.05, 0.1) is 0 Å². The van der Waals surface area contributed by atoms with E-state index in [9.17, 15) is 0 Å². The third-order valence-corrected chi connectivity index (χ3v) is 4.03. The van der Waals surface area contributed by atoms with Crippen LogP contribution in [0.15, 0.2) is 42.5 Å². The lowest BCUT2D eigenvalue weighted by Crippen LogP contribution is -2.24. The van der Waals surface area contributed by atoms with Gasteiger partial charge in [-0.1, -0.05) is 42.3 Å².